The molecule has 13 heavy (non-hydrogen) atoms. The van der Waals surface area contributed by atoms with Gasteiger partial charge in [0, 0.05) is 12.2 Å². The van der Waals surface area contributed by atoms with Gasteiger partial charge in [-0.3, -0.25) is 0 Å². The third kappa shape index (κ3) is 5.07. The fraction of sp³-hybridized carbons (Fsp3) is 0.333. The molecule has 1 nitrogen and oxygen atoms in total. The summed E-state index contributed by atoms with van der Waals surface area (Å²) in [5.74, 6) is 0. The van der Waals surface area contributed by atoms with Crippen molar-refractivity contribution in [1.82, 2.24) is 5.32 Å². The maximum absolute atomic E-state index is 3.72. The van der Waals surface area contributed by atoms with E-state index in [1.165, 1.54) is 11.3 Å². The molecular formula is C12H19N. The van der Waals surface area contributed by atoms with E-state index in [4.69, 9.17) is 0 Å². The van der Waals surface area contributed by atoms with Gasteiger partial charge < -0.3 is 5.32 Å². The lowest BCUT2D eigenvalue weighted by atomic mass is 10.1. The van der Waals surface area contributed by atoms with Crippen molar-refractivity contribution in [2.75, 3.05) is 6.54 Å². The Morgan fingerprint density at radius 1 is 1.31 bits per heavy atom. The Hall–Kier alpha value is -1.24. The van der Waals surface area contributed by atoms with E-state index in [0.29, 0.717) is 0 Å². The second-order valence-corrected chi connectivity index (χ2v) is 2.86. The zero-order valence-corrected chi connectivity index (χ0v) is 8.64. The van der Waals surface area contributed by atoms with Gasteiger partial charge in [0.25, 0.3) is 0 Å². The fourth-order valence-corrected chi connectivity index (χ4v) is 1.03. The largest absolute Gasteiger partial charge is 0.382 e. The molecule has 0 aromatic heterocycles. The molecular weight excluding hydrogens is 158 g/mol. The molecule has 0 atom stereocenters. The number of rotatable bonds is 6. The Morgan fingerprint density at radius 2 is 2.00 bits per heavy atom. The molecule has 0 amide bonds. The summed E-state index contributed by atoms with van der Waals surface area (Å²) in [7, 11) is 0. The van der Waals surface area contributed by atoms with Gasteiger partial charge in [-0.25, -0.2) is 0 Å². The highest BCUT2D eigenvalue weighted by Gasteiger charge is 1.94. The van der Waals surface area contributed by atoms with E-state index >= 15 is 0 Å². The number of allylic oxidation sites excluding steroid dienone is 4. The third-order valence-corrected chi connectivity index (χ3v) is 1.68. The molecule has 0 unspecified atom stereocenters. The van der Waals surface area contributed by atoms with Crippen molar-refractivity contribution in [3.05, 3.63) is 48.7 Å². The van der Waals surface area contributed by atoms with Gasteiger partial charge in [-0.1, -0.05) is 18.2 Å². The lowest BCUT2D eigenvalue weighted by molar-refractivity contribution is 0.905. The van der Waals surface area contributed by atoms with E-state index in [9.17, 15) is 0 Å². The van der Waals surface area contributed by atoms with Crippen LogP contribution in [0.2, 0.25) is 0 Å². The van der Waals surface area contributed by atoms with E-state index in [1.807, 2.05) is 25.2 Å². The molecule has 0 bridgehead atoms. The Labute approximate surface area is 81.5 Å². The summed E-state index contributed by atoms with van der Waals surface area (Å²) in [4.78, 5) is 0. The average Bonchev–Trinajstić information content (AvgIpc) is 2.12. The lowest BCUT2D eigenvalue weighted by Gasteiger charge is -2.08. The molecule has 0 spiro atoms. The molecule has 0 aromatic rings. The summed E-state index contributed by atoms with van der Waals surface area (Å²) < 4.78 is 0. The van der Waals surface area contributed by atoms with Crippen LogP contribution in [-0.2, 0) is 0 Å². The van der Waals surface area contributed by atoms with Crippen molar-refractivity contribution in [3.8, 4) is 0 Å². The van der Waals surface area contributed by atoms with Crippen LogP contribution in [0.25, 0.3) is 0 Å². The monoisotopic (exact) mass is 177 g/mol. The molecule has 0 saturated heterocycles. The molecule has 0 saturated carbocycles. The van der Waals surface area contributed by atoms with Crippen LogP contribution in [0.5, 0.6) is 0 Å². The van der Waals surface area contributed by atoms with Gasteiger partial charge in [0.1, 0.15) is 0 Å². The van der Waals surface area contributed by atoms with Gasteiger partial charge in [-0.2, -0.15) is 0 Å². The summed E-state index contributed by atoms with van der Waals surface area (Å²) in [6, 6.07) is 0. The predicted octanol–water partition coefficient (Wildman–Crippen LogP) is 3.19. The molecule has 72 valence electrons. The summed E-state index contributed by atoms with van der Waals surface area (Å²) in [5, 5.41) is 3.28. The Bertz CT molecular complexity index is 221. The van der Waals surface area contributed by atoms with Crippen LogP contribution in [0.15, 0.2) is 48.7 Å². The number of nitrogens with one attached hydrogen (secondary N) is 1. The van der Waals surface area contributed by atoms with Gasteiger partial charge in [0.05, 0.1) is 0 Å². The Morgan fingerprint density at radius 3 is 2.46 bits per heavy atom. The molecule has 0 aliphatic rings. The van der Waals surface area contributed by atoms with E-state index in [-0.39, 0.29) is 0 Å². The van der Waals surface area contributed by atoms with Crippen LogP contribution in [0, 0.1) is 0 Å². The van der Waals surface area contributed by atoms with Crippen LogP contribution < -0.4 is 5.32 Å². The van der Waals surface area contributed by atoms with Crippen LogP contribution >= 0.6 is 0 Å². The standard InChI is InChI=1S/C12H19N/c1-5-8-11(4)12(9-6-2)13-10-7-3/h5-7,9,13H,1,3,8,10H2,2,4H3/b9-6-,12-11-. The normalized spacial score (nSPS) is 12.5. The first-order valence-corrected chi connectivity index (χ1v) is 4.54. The first-order valence-electron chi connectivity index (χ1n) is 4.54. The van der Waals surface area contributed by atoms with Crippen molar-refractivity contribution < 1.29 is 0 Å². The van der Waals surface area contributed by atoms with Gasteiger partial charge >= 0.3 is 0 Å². The quantitative estimate of drug-likeness (QED) is 0.485. The molecule has 0 aliphatic heterocycles. The third-order valence-electron chi connectivity index (χ3n) is 1.68. The predicted molar refractivity (Wildman–Crippen MR) is 60.5 cm³/mol. The highest BCUT2D eigenvalue weighted by molar-refractivity contribution is 5.24. The minimum Gasteiger partial charge on any atom is -0.382 e. The number of hydrogen-bond acceptors (Lipinski definition) is 1. The Balaban J connectivity index is 4.44. The van der Waals surface area contributed by atoms with Gasteiger partial charge in [0.2, 0.25) is 0 Å². The molecule has 0 aromatic carbocycles. The second kappa shape index (κ2) is 7.41. The van der Waals surface area contributed by atoms with Crippen molar-refractivity contribution in [2.45, 2.75) is 20.3 Å². The first kappa shape index (κ1) is 11.8. The maximum Gasteiger partial charge on any atom is 0.0331 e. The minimum atomic E-state index is 0.800. The van der Waals surface area contributed by atoms with Crippen LogP contribution in [-0.4, -0.2) is 6.54 Å². The maximum atomic E-state index is 3.72. The van der Waals surface area contributed by atoms with Crippen LogP contribution in [0.1, 0.15) is 20.3 Å². The Kier molecular flexibility index (Phi) is 6.70. The van der Waals surface area contributed by atoms with Crippen molar-refractivity contribution >= 4 is 0 Å². The molecule has 1 N–H and O–H groups in total. The zero-order valence-electron chi connectivity index (χ0n) is 8.64. The minimum absolute atomic E-state index is 0.800. The van der Waals surface area contributed by atoms with Gasteiger partial charge in [0.15, 0.2) is 0 Å². The summed E-state index contributed by atoms with van der Waals surface area (Å²) in [6.07, 6.45) is 8.78. The topological polar surface area (TPSA) is 12.0 Å². The highest BCUT2D eigenvalue weighted by Crippen LogP contribution is 2.07. The van der Waals surface area contributed by atoms with Crippen molar-refractivity contribution in [1.29, 1.82) is 0 Å². The van der Waals surface area contributed by atoms with Gasteiger partial charge in [-0.05, 0) is 31.9 Å². The smallest absolute Gasteiger partial charge is 0.0331 e. The van der Waals surface area contributed by atoms with E-state index < -0.39 is 0 Å². The SMILES string of the molecule is C=CCNC(/C=C\C)=C(/C)CC=C. The highest BCUT2D eigenvalue weighted by atomic mass is 14.9. The van der Waals surface area contributed by atoms with Crippen molar-refractivity contribution in [3.63, 3.8) is 0 Å². The first-order chi connectivity index (χ1) is 6.26. The molecule has 0 radical (unpaired) electrons. The number of hydrogen-bond donors (Lipinski definition) is 1. The summed E-state index contributed by atoms with van der Waals surface area (Å²) in [5.41, 5.74) is 2.47. The molecule has 0 fully saturated rings. The molecule has 0 rings (SSSR count). The molecule has 0 heterocycles. The molecule has 0 aliphatic carbocycles. The van der Waals surface area contributed by atoms with Gasteiger partial charge in [-0.15, -0.1) is 13.2 Å². The summed E-state index contributed by atoms with van der Waals surface area (Å²) in [6.45, 7) is 12.3. The van der Waals surface area contributed by atoms with Crippen molar-refractivity contribution in [2.24, 2.45) is 0 Å². The average molecular weight is 177 g/mol. The van der Waals surface area contributed by atoms with E-state index in [2.05, 4.69) is 31.5 Å². The van der Waals surface area contributed by atoms with Crippen LogP contribution in [0.4, 0.5) is 0 Å². The summed E-state index contributed by atoms with van der Waals surface area (Å²) >= 11 is 0. The van der Waals surface area contributed by atoms with E-state index in [1.54, 1.807) is 0 Å². The van der Waals surface area contributed by atoms with Crippen LogP contribution in [0.3, 0.4) is 0 Å². The van der Waals surface area contributed by atoms with E-state index in [0.717, 1.165) is 13.0 Å². The second-order valence-electron chi connectivity index (χ2n) is 2.86. The fourth-order valence-electron chi connectivity index (χ4n) is 1.03. The zero-order chi connectivity index (χ0) is 10.1. The lowest BCUT2D eigenvalue weighted by Crippen LogP contribution is -2.12. The molecule has 1 heteroatoms.